The molecular weight excluding hydrogens is 394 g/mol. The molecule has 0 aliphatic carbocycles. The number of amides is 1. The van der Waals surface area contributed by atoms with Crippen LogP contribution in [0.25, 0.3) is 0 Å². The van der Waals surface area contributed by atoms with Crippen LogP contribution in [0.5, 0.6) is 0 Å². The molecule has 28 heavy (non-hydrogen) atoms. The minimum absolute atomic E-state index is 0.0340. The van der Waals surface area contributed by atoms with Gasteiger partial charge in [0.2, 0.25) is 10.0 Å². The lowest BCUT2D eigenvalue weighted by Gasteiger charge is -2.15. The molecule has 7 nitrogen and oxygen atoms in total. The van der Waals surface area contributed by atoms with Crippen molar-refractivity contribution in [1.82, 2.24) is 4.31 Å². The van der Waals surface area contributed by atoms with E-state index >= 15 is 0 Å². The monoisotopic (exact) mass is 412 g/mol. The SMILES string of the molecule is C[C@@H](OC(=O)c1ccc(F)cc1F)C(=O)Nc1cccc(S(=O)(=O)N(C)C)c1. The summed E-state index contributed by atoms with van der Waals surface area (Å²) in [6, 6.07) is 7.84. The van der Waals surface area contributed by atoms with Crippen LogP contribution in [0.3, 0.4) is 0 Å². The smallest absolute Gasteiger partial charge is 0.341 e. The zero-order valence-electron chi connectivity index (χ0n) is 15.3. The van der Waals surface area contributed by atoms with Crippen LogP contribution in [0.4, 0.5) is 14.5 Å². The molecule has 0 bridgehead atoms. The van der Waals surface area contributed by atoms with Gasteiger partial charge in [-0.25, -0.2) is 26.3 Å². The minimum Gasteiger partial charge on any atom is -0.449 e. The maximum Gasteiger partial charge on any atom is 0.341 e. The molecule has 0 unspecified atom stereocenters. The van der Waals surface area contributed by atoms with Gasteiger partial charge in [0.25, 0.3) is 5.91 Å². The Morgan fingerprint density at radius 2 is 1.79 bits per heavy atom. The number of esters is 1. The lowest BCUT2D eigenvalue weighted by Crippen LogP contribution is -2.30. The summed E-state index contributed by atoms with van der Waals surface area (Å²) >= 11 is 0. The summed E-state index contributed by atoms with van der Waals surface area (Å²) in [5, 5.41) is 2.42. The Kier molecular flexibility index (Phi) is 6.47. The molecule has 1 atom stereocenters. The van der Waals surface area contributed by atoms with Gasteiger partial charge in [0, 0.05) is 25.8 Å². The van der Waals surface area contributed by atoms with E-state index in [4.69, 9.17) is 4.74 Å². The van der Waals surface area contributed by atoms with Crippen molar-refractivity contribution in [2.45, 2.75) is 17.9 Å². The molecule has 0 heterocycles. The van der Waals surface area contributed by atoms with E-state index in [1.807, 2.05) is 0 Å². The van der Waals surface area contributed by atoms with Crippen molar-refractivity contribution in [2.24, 2.45) is 0 Å². The summed E-state index contributed by atoms with van der Waals surface area (Å²) in [4.78, 5) is 24.1. The minimum atomic E-state index is -3.69. The fourth-order valence-electron chi connectivity index (χ4n) is 2.12. The Hall–Kier alpha value is -2.85. The Balaban J connectivity index is 2.09. The molecule has 0 aliphatic heterocycles. The van der Waals surface area contributed by atoms with Crippen molar-refractivity contribution < 1.29 is 31.5 Å². The number of nitrogens with zero attached hydrogens (tertiary/aromatic N) is 1. The average molecular weight is 412 g/mol. The van der Waals surface area contributed by atoms with E-state index in [0.717, 1.165) is 16.4 Å². The summed E-state index contributed by atoms with van der Waals surface area (Å²) in [6.07, 6.45) is -1.31. The molecule has 1 N–H and O–H groups in total. The molecule has 0 saturated carbocycles. The van der Waals surface area contributed by atoms with Crippen LogP contribution in [0.2, 0.25) is 0 Å². The maximum atomic E-state index is 13.6. The molecular formula is C18H18F2N2O5S. The van der Waals surface area contributed by atoms with E-state index < -0.39 is 45.2 Å². The van der Waals surface area contributed by atoms with Crippen LogP contribution in [0, 0.1) is 11.6 Å². The topological polar surface area (TPSA) is 92.8 Å². The van der Waals surface area contributed by atoms with Crippen LogP contribution in [0.1, 0.15) is 17.3 Å². The second-order valence-electron chi connectivity index (χ2n) is 5.98. The largest absolute Gasteiger partial charge is 0.449 e. The second-order valence-corrected chi connectivity index (χ2v) is 8.13. The number of halogens is 2. The second kappa shape index (κ2) is 8.44. The van der Waals surface area contributed by atoms with E-state index in [2.05, 4.69) is 5.32 Å². The van der Waals surface area contributed by atoms with Gasteiger partial charge < -0.3 is 10.1 Å². The van der Waals surface area contributed by atoms with Crippen LogP contribution in [-0.4, -0.2) is 44.8 Å². The van der Waals surface area contributed by atoms with Gasteiger partial charge in [0.1, 0.15) is 11.6 Å². The van der Waals surface area contributed by atoms with Crippen molar-refractivity contribution >= 4 is 27.6 Å². The number of nitrogens with one attached hydrogen (secondary N) is 1. The normalized spacial score (nSPS) is 12.5. The summed E-state index contributed by atoms with van der Waals surface area (Å²) in [5.41, 5.74) is -0.344. The third kappa shape index (κ3) is 4.90. The van der Waals surface area contributed by atoms with Gasteiger partial charge >= 0.3 is 5.97 Å². The van der Waals surface area contributed by atoms with Crippen LogP contribution < -0.4 is 5.32 Å². The molecule has 2 aromatic rings. The number of carbonyl (C=O) groups is 2. The van der Waals surface area contributed by atoms with Gasteiger partial charge in [-0.3, -0.25) is 4.79 Å². The molecule has 1 amide bonds. The highest BCUT2D eigenvalue weighted by molar-refractivity contribution is 7.89. The molecule has 0 saturated heterocycles. The fourth-order valence-corrected chi connectivity index (χ4v) is 3.07. The van der Waals surface area contributed by atoms with Crippen molar-refractivity contribution in [3.63, 3.8) is 0 Å². The Morgan fingerprint density at radius 1 is 1.11 bits per heavy atom. The highest BCUT2D eigenvalue weighted by Gasteiger charge is 2.22. The molecule has 10 heteroatoms. The lowest BCUT2D eigenvalue weighted by molar-refractivity contribution is -0.123. The molecule has 0 aliphatic rings. The van der Waals surface area contributed by atoms with E-state index in [1.54, 1.807) is 0 Å². The number of carbonyl (C=O) groups excluding carboxylic acids is 2. The number of hydrogen-bond donors (Lipinski definition) is 1. The molecule has 2 rings (SSSR count). The number of anilines is 1. The molecule has 150 valence electrons. The van der Waals surface area contributed by atoms with E-state index in [1.165, 1.54) is 45.3 Å². The van der Waals surface area contributed by atoms with Gasteiger partial charge in [-0.05, 0) is 37.3 Å². The fraction of sp³-hybridized carbons (Fsp3) is 0.222. The zero-order chi connectivity index (χ0) is 21.1. The number of sulfonamides is 1. The summed E-state index contributed by atoms with van der Waals surface area (Å²) in [7, 11) is -0.951. The predicted molar refractivity (Wildman–Crippen MR) is 97.2 cm³/mol. The Labute approximate surface area is 161 Å². The maximum absolute atomic E-state index is 13.6. The van der Waals surface area contributed by atoms with Gasteiger partial charge in [0.05, 0.1) is 10.5 Å². The van der Waals surface area contributed by atoms with Gasteiger partial charge in [-0.15, -0.1) is 0 Å². The third-order valence-corrected chi connectivity index (χ3v) is 5.50. The van der Waals surface area contributed by atoms with Crippen molar-refractivity contribution in [3.8, 4) is 0 Å². The number of hydrogen-bond acceptors (Lipinski definition) is 5. The van der Waals surface area contributed by atoms with Crippen molar-refractivity contribution in [1.29, 1.82) is 0 Å². The highest BCUT2D eigenvalue weighted by atomic mass is 32.2. The standard InChI is InChI=1S/C18H18F2N2O5S/c1-11(27-18(24)15-8-7-12(19)9-16(15)20)17(23)21-13-5-4-6-14(10-13)28(25,26)22(2)3/h4-11H,1-3H3,(H,21,23)/t11-/m1/s1. The highest BCUT2D eigenvalue weighted by Crippen LogP contribution is 2.18. The first kappa shape index (κ1) is 21.5. The molecule has 0 aromatic heterocycles. The first-order valence-corrected chi connectivity index (χ1v) is 9.46. The summed E-state index contributed by atoms with van der Waals surface area (Å²) in [6.45, 7) is 1.26. The van der Waals surface area contributed by atoms with Crippen molar-refractivity contribution in [3.05, 3.63) is 59.7 Å². The van der Waals surface area contributed by atoms with Gasteiger partial charge in [-0.1, -0.05) is 6.07 Å². The van der Waals surface area contributed by atoms with E-state index in [0.29, 0.717) is 6.07 Å². The third-order valence-electron chi connectivity index (χ3n) is 3.68. The van der Waals surface area contributed by atoms with Crippen LogP contribution in [-0.2, 0) is 19.6 Å². The average Bonchev–Trinajstić information content (AvgIpc) is 2.61. The number of benzene rings is 2. The first-order chi connectivity index (χ1) is 13.0. The quantitative estimate of drug-likeness (QED) is 0.736. The van der Waals surface area contributed by atoms with Crippen LogP contribution >= 0.6 is 0 Å². The Bertz CT molecular complexity index is 1010. The van der Waals surface area contributed by atoms with E-state index in [9.17, 15) is 26.8 Å². The molecule has 0 radical (unpaired) electrons. The predicted octanol–water partition coefficient (Wildman–Crippen LogP) is 2.40. The first-order valence-electron chi connectivity index (χ1n) is 8.02. The Morgan fingerprint density at radius 3 is 2.39 bits per heavy atom. The number of ether oxygens (including phenoxy) is 1. The zero-order valence-corrected chi connectivity index (χ0v) is 16.1. The molecule has 2 aromatic carbocycles. The van der Waals surface area contributed by atoms with E-state index in [-0.39, 0.29) is 10.6 Å². The molecule has 0 fully saturated rings. The molecule has 0 spiro atoms. The summed E-state index contributed by atoms with van der Waals surface area (Å²) < 4.78 is 56.7. The number of rotatable bonds is 6. The summed E-state index contributed by atoms with van der Waals surface area (Å²) in [5.74, 6) is -3.86. The van der Waals surface area contributed by atoms with Crippen LogP contribution in [0.15, 0.2) is 47.4 Å². The van der Waals surface area contributed by atoms with Gasteiger partial charge in [0.15, 0.2) is 6.10 Å². The van der Waals surface area contributed by atoms with Crippen molar-refractivity contribution in [2.75, 3.05) is 19.4 Å². The van der Waals surface area contributed by atoms with Gasteiger partial charge in [-0.2, -0.15) is 0 Å². The lowest BCUT2D eigenvalue weighted by atomic mass is 10.2.